The molecule has 8 heteroatoms. The second-order valence-corrected chi connectivity index (χ2v) is 5.02. The van der Waals surface area contributed by atoms with Gasteiger partial charge in [-0.15, -0.1) is 0 Å². The van der Waals surface area contributed by atoms with E-state index in [9.17, 15) is 9.59 Å². The van der Waals surface area contributed by atoms with E-state index in [0.29, 0.717) is 35.1 Å². The summed E-state index contributed by atoms with van der Waals surface area (Å²) in [6.45, 7) is 0.658. The van der Waals surface area contributed by atoms with Crippen molar-refractivity contribution in [3.63, 3.8) is 0 Å². The lowest BCUT2D eigenvalue weighted by Gasteiger charge is -2.17. The molecule has 0 unspecified atom stereocenters. The van der Waals surface area contributed by atoms with Crippen molar-refractivity contribution in [3.8, 4) is 0 Å². The van der Waals surface area contributed by atoms with Gasteiger partial charge >= 0.3 is 0 Å². The van der Waals surface area contributed by atoms with Crippen LogP contribution < -0.4 is 11.5 Å². The van der Waals surface area contributed by atoms with Crippen molar-refractivity contribution in [2.75, 3.05) is 39.6 Å². The van der Waals surface area contributed by atoms with Gasteiger partial charge in [0.15, 0.2) is 0 Å². The lowest BCUT2D eigenvalue weighted by Crippen LogP contribution is -2.22. The lowest BCUT2D eigenvalue weighted by atomic mass is 9.91. The SMILES string of the molecule is NC(=O)c1ccc(C(N)=O)c(CCOCCO)c1CCOCCO. The van der Waals surface area contributed by atoms with E-state index in [-0.39, 0.29) is 39.6 Å². The molecule has 0 radical (unpaired) electrons. The minimum Gasteiger partial charge on any atom is -0.394 e. The van der Waals surface area contributed by atoms with Crippen LogP contribution in [0.4, 0.5) is 0 Å². The monoisotopic (exact) mass is 340 g/mol. The number of nitrogens with two attached hydrogens (primary N) is 2. The Balaban J connectivity index is 3.11. The summed E-state index contributed by atoms with van der Waals surface area (Å²) in [4.78, 5) is 23.4. The maximum Gasteiger partial charge on any atom is 0.248 e. The predicted octanol–water partition coefficient (Wildman–Crippen LogP) is -1.01. The number of carbonyl (C=O) groups is 2. The number of amides is 2. The maximum atomic E-state index is 11.7. The Morgan fingerprint density at radius 2 is 1.17 bits per heavy atom. The molecule has 0 atom stereocenters. The third kappa shape index (κ3) is 5.89. The van der Waals surface area contributed by atoms with E-state index in [0.717, 1.165) is 0 Å². The Bertz CT molecular complexity index is 513. The first-order valence-electron chi connectivity index (χ1n) is 7.64. The van der Waals surface area contributed by atoms with Crippen molar-refractivity contribution in [2.24, 2.45) is 11.5 Å². The van der Waals surface area contributed by atoms with Gasteiger partial charge in [-0.05, 0) is 36.1 Å². The zero-order valence-corrected chi connectivity index (χ0v) is 13.5. The van der Waals surface area contributed by atoms with Gasteiger partial charge in [0.05, 0.1) is 39.6 Å². The van der Waals surface area contributed by atoms with Gasteiger partial charge in [-0.2, -0.15) is 0 Å². The molecule has 0 spiro atoms. The zero-order valence-electron chi connectivity index (χ0n) is 13.5. The molecule has 6 N–H and O–H groups in total. The highest BCUT2D eigenvalue weighted by molar-refractivity contribution is 5.99. The molecule has 0 aliphatic heterocycles. The van der Waals surface area contributed by atoms with Crippen LogP contribution in [0, 0.1) is 0 Å². The summed E-state index contributed by atoms with van der Waals surface area (Å²) in [7, 11) is 0. The summed E-state index contributed by atoms with van der Waals surface area (Å²) >= 11 is 0. The van der Waals surface area contributed by atoms with Crippen molar-refractivity contribution >= 4 is 11.8 Å². The largest absolute Gasteiger partial charge is 0.394 e. The van der Waals surface area contributed by atoms with Gasteiger partial charge in [-0.3, -0.25) is 9.59 Å². The third-order valence-corrected chi connectivity index (χ3v) is 3.43. The molecule has 0 bridgehead atoms. The van der Waals surface area contributed by atoms with Gasteiger partial charge in [0.2, 0.25) is 11.8 Å². The fourth-order valence-corrected chi connectivity index (χ4v) is 2.41. The number of benzene rings is 1. The van der Waals surface area contributed by atoms with Crippen LogP contribution in [-0.2, 0) is 22.3 Å². The highest BCUT2D eigenvalue weighted by Crippen LogP contribution is 2.21. The molecular formula is C16H24N2O6. The van der Waals surface area contributed by atoms with Crippen LogP contribution in [0.3, 0.4) is 0 Å². The normalized spacial score (nSPS) is 10.8. The highest BCUT2D eigenvalue weighted by atomic mass is 16.5. The quantitative estimate of drug-likeness (QED) is 0.359. The number of primary amides is 2. The predicted molar refractivity (Wildman–Crippen MR) is 86.7 cm³/mol. The maximum absolute atomic E-state index is 11.7. The standard InChI is InChI=1S/C16H24N2O6/c17-15(21)13-1-2-14(16(18)22)12(4-8-24-10-6-20)11(13)3-7-23-9-5-19/h1-2,19-20H,3-10H2,(H2,17,21)(H2,18,22). The van der Waals surface area contributed by atoms with Gasteiger partial charge in [-0.1, -0.05) is 0 Å². The number of carbonyl (C=O) groups excluding carboxylic acids is 2. The Morgan fingerprint density at radius 1 is 0.792 bits per heavy atom. The van der Waals surface area contributed by atoms with Crippen molar-refractivity contribution in [3.05, 3.63) is 34.4 Å². The summed E-state index contributed by atoms with van der Waals surface area (Å²) < 4.78 is 10.5. The number of ether oxygens (including phenoxy) is 2. The molecule has 1 aromatic carbocycles. The van der Waals surface area contributed by atoms with E-state index in [4.69, 9.17) is 31.2 Å². The van der Waals surface area contributed by atoms with E-state index >= 15 is 0 Å². The van der Waals surface area contributed by atoms with Gasteiger partial charge in [0, 0.05) is 11.1 Å². The van der Waals surface area contributed by atoms with E-state index in [1.807, 2.05) is 0 Å². The number of hydrogen-bond donors (Lipinski definition) is 4. The molecular weight excluding hydrogens is 316 g/mol. The minimum absolute atomic E-state index is 0.105. The Hall–Kier alpha value is -2.00. The minimum atomic E-state index is -0.610. The molecule has 0 fully saturated rings. The fourth-order valence-electron chi connectivity index (χ4n) is 2.41. The molecule has 0 saturated carbocycles. The number of aliphatic hydroxyl groups excluding tert-OH is 2. The summed E-state index contributed by atoms with van der Waals surface area (Å²) in [5.41, 5.74) is 12.6. The van der Waals surface area contributed by atoms with Crippen molar-refractivity contribution in [1.29, 1.82) is 0 Å². The summed E-state index contributed by atoms with van der Waals surface area (Å²) in [5.74, 6) is -1.22. The van der Waals surface area contributed by atoms with Crippen molar-refractivity contribution in [2.45, 2.75) is 12.8 Å². The van der Waals surface area contributed by atoms with E-state index in [2.05, 4.69) is 0 Å². The van der Waals surface area contributed by atoms with E-state index in [1.54, 1.807) is 0 Å². The first-order valence-corrected chi connectivity index (χ1v) is 7.64. The average Bonchev–Trinajstić information content (AvgIpc) is 2.55. The smallest absolute Gasteiger partial charge is 0.248 e. The number of aliphatic hydroxyl groups is 2. The van der Waals surface area contributed by atoms with Crippen LogP contribution in [0.25, 0.3) is 0 Å². The van der Waals surface area contributed by atoms with Crippen LogP contribution in [0.1, 0.15) is 31.8 Å². The van der Waals surface area contributed by atoms with E-state index < -0.39 is 11.8 Å². The van der Waals surface area contributed by atoms with Gasteiger partial charge in [-0.25, -0.2) is 0 Å². The Morgan fingerprint density at radius 3 is 1.46 bits per heavy atom. The molecule has 8 nitrogen and oxygen atoms in total. The van der Waals surface area contributed by atoms with Crippen molar-refractivity contribution < 1.29 is 29.3 Å². The second-order valence-electron chi connectivity index (χ2n) is 5.02. The zero-order chi connectivity index (χ0) is 17.9. The van der Waals surface area contributed by atoms with Crippen LogP contribution in [0.5, 0.6) is 0 Å². The topological polar surface area (TPSA) is 145 Å². The van der Waals surface area contributed by atoms with Gasteiger partial charge < -0.3 is 31.2 Å². The highest BCUT2D eigenvalue weighted by Gasteiger charge is 2.19. The van der Waals surface area contributed by atoms with E-state index in [1.165, 1.54) is 12.1 Å². The molecule has 0 aliphatic carbocycles. The van der Waals surface area contributed by atoms with Crippen LogP contribution in [0.15, 0.2) is 12.1 Å². The Labute approximate surface area is 140 Å². The molecule has 1 aromatic rings. The van der Waals surface area contributed by atoms with Gasteiger partial charge in [0.1, 0.15) is 0 Å². The summed E-state index contributed by atoms with van der Waals surface area (Å²) in [5, 5.41) is 17.5. The molecule has 0 heterocycles. The van der Waals surface area contributed by atoms with Crippen molar-refractivity contribution in [1.82, 2.24) is 0 Å². The second kappa shape index (κ2) is 10.7. The third-order valence-electron chi connectivity index (χ3n) is 3.43. The molecule has 24 heavy (non-hydrogen) atoms. The Kier molecular flexibility index (Phi) is 8.95. The summed E-state index contributed by atoms with van der Waals surface area (Å²) in [6.07, 6.45) is 0.684. The molecule has 0 saturated heterocycles. The first kappa shape index (κ1) is 20.0. The first-order chi connectivity index (χ1) is 11.5. The molecule has 2 amide bonds. The molecule has 134 valence electrons. The lowest BCUT2D eigenvalue weighted by molar-refractivity contribution is 0.0910. The number of hydrogen-bond acceptors (Lipinski definition) is 6. The fraction of sp³-hybridized carbons (Fsp3) is 0.500. The molecule has 0 aromatic heterocycles. The molecule has 1 rings (SSSR count). The average molecular weight is 340 g/mol. The molecule has 0 aliphatic rings. The van der Waals surface area contributed by atoms with Crippen LogP contribution in [0.2, 0.25) is 0 Å². The van der Waals surface area contributed by atoms with Crippen LogP contribution >= 0.6 is 0 Å². The number of rotatable bonds is 12. The van der Waals surface area contributed by atoms with Gasteiger partial charge in [0.25, 0.3) is 0 Å². The van der Waals surface area contributed by atoms with Crippen LogP contribution in [-0.4, -0.2) is 61.7 Å². The summed E-state index contributed by atoms with van der Waals surface area (Å²) in [6, 6.07) is 2.95.